The van der Waals surface area contributed by atoms with Gasteiger partial charge < -0.3 is 10.1 Å². The summed E-state index contributed by atoms with van der Waals surface area (Å²) in [4.78, 5) is 36.1. The van der Waals surface area contributed by atoms with Crippen LogP contribution in [0.2, 0.25) is 0 Å². The van der Waals surface area contributed by atoms with E-state index in [-0.39, 0.29) is 23.9 Å². The molecule has 2 aromatic rings. The third-order valence-electron chi connectivity index (χ3n) is 4.53. The Morgan fingerprint density at radius 2 is 1.58 bits per heavy atom. The second kappa shape index (κ2) is 13.8. The largest absolute Gasteiger partial charge is 0.494 e. The standard InChI is InChI=1S/C24H30N4O4S/c1-17(2)14-15-32-20-10-8-19(9-11-20)23(31)26-24(33)28-27-22(30)13-12-21(29)25-16-18-6-4-3-5-7-18/h3-11,17H,12-16H2,1-2H3,(H,25,29)(H,27,30)(H2,26,28,31,33). The molecular formula is C24H30N4O4S. The summed E-state index contributed by atoms with van der Waals surface area (Å²) in [6.45, 7) is 5.27. The summed E-state index contributed by atoms with van der Waals surface area (Å²) in [5, 5.41) is 5.18. The molecule has 0 aliphatic carbocycles. The molecule has 2 rings (SSSR count). The molecular weight excluding hydrogens is 440 g/mol. The van der Waals surface area contributed by atoms with Crippen molar-refractivity contribution in [1.82, 2.24) is 21.5 Å². The van der Waals surface area contributed by atoms with Gasteiger partial charge in [0.1, 0.15) is 5.75 Å². The highest BCUT2D eigenvalue weighted by Crippen LogP contribution is 2.13. The zero-order valence-corrected chi connectivity index (χ0v) is 19.7. The van der Waals surface area contributed by atoms with Gasteiger partial charge in [0, 0.05) is 24.9 Å². The molecule has 2 aromatic carbocycles. The van der Waals surface area contributed by atoms with E-state index in [1.165, 1.54) is 0 Å². The Balaban J connectivity index is 1.63. The fourth-order valence-electron chi connectivity index (χ4n) is 2.62. The molecule has 0 saturated heterocycles. The van der Waals surface area contributed by atoms with E-state index < -0.39 is 11.8 Å². The number of carbonyl (C=O) groups excluding carboxylic acids is 3. The lowest BCUT2D eigenvalue weighted by Gasteiger charge is -2.11. The van der Waals surface area contributed by atoms with Crippen molar-refractivity contribution in [2.75, 3.05) is 6.61 Å². The third-order valence-corrected chi connectivity index (χ3v) is 4.74. The van der Waals surface area contributed by atoms with Crippen LogP contribution in [0.4, 0.5) is 0 Å². The van der Waals surface area contributed by atoms with E-state index in [4.69, 9.17) is 17.0 Å². The molecule has 176 valence electrons. The summed E-state index contributed by atoms with van der Waals surface area (Å²) < 4.78 is 5.63. The van der Waals surface area contributed by atoms with E-state index in [0.29, 0.717) is 30.4 Å². The number of benzene rings is 2. The van der Waals surface area contributed by atoms with Crippen molar-refractivity contribution in [3.8, 4) is 5.75 Å². The second-order valence-electron chi connectivity index (χ2n) is 7.77. The quantitative estimate of drug-likeness (QED) is 0.314. The second-order valence-corrected chi connectivity index (χ2v) is 8.18. The summed E-state index contributed by atoms with van der Waals surface area (Å²) in [5.41, 5.74) is 6.20. The average molecular weight is 471 g/mol. The molecule has 0 bridgehead atoms. The smallest absolute Gasteiger partial charge is 0.257 e. The van der Waals surface area contributed by atoms with Gasteiger partial charge in [-0.1, -0.05) is 44.2 Å². The van der Waals surface area contributed by atoms with Gasteiger partial charge in [-0.15, -0.1) is 0 Å². The molecule has 0 fully saturated rings. The monoisotopic (exact) mass is 470 g/mol. The lowest BCUT2D eigenvalue weighted by molar-refractivity contribution is -0.126. The minimum Gasteiger partial charge on any atom is -0.494 e. The molecule has 0 unspecified atom stereocenters. The Labute approximate surface area is 199 Å². The Morgan fingerprint density at radius 3 is 2.24 bits per heavy atom. The molecule has 4 N–H and O–H groups in total. The lowest BCUT2D eigenvalue weighted by atomic mass is 10.1. The maximum absolute atomic E-state index is 12.3. The fraction of sp³-hybridized carbons (Fsp3) is 0.333. The van der Waals surface area contributed by atoms with Crippen LogP contribution in [0.1, 0.15) is 49.0 Å². The number of hydrogen-bond acceptors (Lipinski definition) is 5. The first-order valence-corrected chi connectivity index (χ1v) is 11.2. The maximum Gasteiger partial charge on any atom is 0.257 e. The normalized spacial score (nSPS) is 10.3. The zero-order chi connectivity index (χ0) is 24.1. The first-order chi connectivity index (χ1) is 15.8. The number of hydrazine groups is 1. The summed E-state index contributed by atoms with van der Waals surface area (Å²) >= 11 is 5.03. The SMILES string of the molecule is CC(C)CCOc1ccc(C(=O)NC(=S)NNC(=O)CCC(=O)NCc2ccccc2)cc1. The van der Waals surface area contributed by atoms with Crippen LogP contribution in [0.5, 0.6) is 5.75 Å². The molecule has 0 aliphatic heterocycles. The lowest BCUT2D eigenvalue weighted by Crippen LogP contribution is -2.48. The van der Waals surface area contributed by atoms with Crippen molar-refractivity contribution >= 4 is 35.1 Å². The van der Waals surface area contributed by atoms with Gasteiger partial charge in [0.15, 0.2) is 5.11 Å². The van der Waals surface area contributed by atoms with Gasteiger partial charge in [-0.05, 0) is 54.4 Å². The van der Waals surface area contributed by atoms with Gasteiger partial charge in [0.2, 0.25) is 11.8 Å². The molecule has 0 saturated carbocycles. The predicted molar refractivity (Wildman–Crippen MR) is 130 cm³/mol. The van der Waals surface area contributed by atoms with E-state index >= 15 is 0 Å². The molecule has 0 heterocycles. The van der Waals surface area contributed by atoms with Crippen molar-refractivity contribution < 1.29 is 19.1 Å². The summed E-state index contributed by atoms with van der Waals surface area (Å²) in [6, 6.07) is 16.2. The van der Waals surface area contributed by atoms with Gasteiger partial charge in [-0.2, -0.15) is 0 Å². The number of amides is 3. The first kappa shape index (κ1) is 25.8. The van der Waals surface area contributed by atoms with Crippen molar-refractivity contribution in [1.29, 1.82) is 0 Å². The molecule has 0 aromatic heterocycles. The summed E-state index contributed by atoms with van der Waals surface area (Å²) in [5.74, 6) is 0.162. The molecule has 0 spiro atoms. The summed E-state index contributed by atoms with van der Waals surface area (Å²) in [6.07, 6.45) is 0.958. The highest BCUT2D eigenvalue weighted by atomic mass is 32.1. The Hall–Kier alpha value is -3.46. The number of thiocarbonyl (C=S) groups is 1. The van der Waals surface area contributed by atoms with Gasteiger partial charge in [0.05, 0.1) is 6.61 Å². The molecule has 0 atom stereocenters. The van der Waals surface area contributed by atoms with Crippen LogP contribution in [-0.4, -0.2) is 29.4 Å². The first-order valence-electron chi connectivity index (χ1n) is 10.8. The topological polar surface area (TPSA) is 109 Å². The average Bonchev–Trinajstić information content (AvgIpc) is 2.81. The fourth-order valence-corrected chi connectivity index (χ4v) is 2.77. The third kappa shape index (κ3) is 10.6. The number of ether oxygens (including phenoxy) is 1. The number of hydrogen-bond donors (Lipinski definition) is 4. The van der Waals surface area contributed by atoms with Crippen molar-refractivity contribution in [3.05, 3.63) is 65.7 Å². The Bertz CT molecular complexity index is 933. The van der Waals surface area contributed by atoms with Crippen LogP contribution in [0.15, 0.2) is 54.6 Å². The zero-order valence-electron chi connectivity index (χ0n) is 18.9. The number of rotatable bonds is 10. The van der Waals surface area contributed by atoms with Crippen molar-refractivity contribution in [3.63, 3.8) is 0 Å². The molecule has 8 nitrogen and oxygen atoms in total. The van der Waals surface area contributed by atoms with Crippen molar-refractivity contribution in [2.45, 2.75) is 39.7 Å². The maximum atomic E-state index is 12.3. The van der Waals surface area contributed by atoms with E-state index in [1.54, 1.807) is 24.3 Å². The van der Waals surface area contributed by atoms with Gasteiger partial charge >= 0.3 is 0 Å². The highest BCUT2D eigenvalue weighted by Gasteiger charge is 2.10. The predicted octanol–water partition coefficient (Wildman–Crippen LogP) is 2.84. The van der Waals surface area contributed by atoms with E-state index in [2.05, 4.69) is 35.3 Å². The minimum atomic E-state index is -0.427. The van der Waals surface area contributed by atoms with Crippen LogP contribution in [0, 0.1) is 5.92 Å². The Kier molecular flexibility index (Phi) is 10.8. The van der Waals surface area contributed by atoms with E-state index in [1.807, 2.05) is 30.3 Å². The molecule has 33 heavy (non-hydrogen) atoms. The molecule has 9 heteroatoms. The molecule has 0 radical (unpaired) electrons. The van der Waals surface area contributed by atoms with Gasteiger partial charge in [-0.25, -0.2) is 0 Å². The molecule has 3 amide bonds. The van der Waals surface area contributed by atoms with Crippen LogP contribution in [0.3, 0.4) is 0 Å². The number of carbonyl (C=O) groups is 3. The van der Waals surface area contributed by atoms with Crippen LogP contribution < -0.4 is 26.2 Å². The van der Waals surface area contributed by atoms with E-state index in [0.717, 1.165) is 12.0 Å². The van der Waals surface area contributed by atoms with Gasteiger partial charge in [-0.3, -0.25) is 30.6 Å². The summed E-state index contributed by atoms with van der Waals surface area (Å²) in [7, 11) is 0. The van der Waals surface area contributed by atoms with E-state index in [9.17, 15) is 14.4 Å². The molecule has 0 aliphatic rings. The van der Waals surface area contributed by atoms with Crippen molar-refractivity contribution in [2.24, 2.45) is 5.92 Å². The van der Waals surface area contributed by atoms with Crippen LogP contribution >= 0.6 is 12.2 Å². The Morgan fingerprint density at radius 1 is 0.909 bits per heavy atom. The minimum absolute atomic E-state index is 0.0253. The highest BCUT2D eigenvalue weighted by molar-refractivity contribution is 7.80. The van der Waals surface area contributed by atoms with Gasteiger partial charge in [0.25, 0.3) is 5.91 Å². The van der Waals surface area contributed by atoms with Crippen LogP contribution in [0.25, 0.3) is 0 Å². The number of nitrogens with one attached hydrogen (secondary N) is 4. The van der Waals surface area contributed by atoms with Crippen LogP contribution in [-0.2, 0) is 16.1 Å².